The Labute approximate surface area is 194 Å². The van der Waals surface area contributed by atoms with Gasteiger partial charge >= 0.3 is 0 Å². The molecule has 2 heterocycles. The molecule has 0 radical (unpaired) electrons. The van der Waals surface area contributed by atoms with E-state index < -0.39 is 0 Å². The molecule has 2 amide bonds. The standard InChI is InChI=1S/C26H31N5O2/c1-3-25(32)28-20-10-8-19(9-11-20)24-18-22(21-6-4-5-7-23(21)29-24)26(33)27-12-13-31-16-14-30(2)15-17-31/h4-11,18H,3,12-17H2,1-2H3,(H,27,33)(H,28,32). The molecule has 0 saturated carbocycles. The number of pyridine rings is 1. The van der Waals surface area contributed by atoms with E-state index in [0.717, 1.165) is 60.6 Å². The van der Waals surface area contributed by atoms with E-state index in [2.05, 4.69) is 27.5 Å². The predicted octanol–water partition coefficient (Wildman–Crippen LogP) is 3.23. The van der Waals surface area contributed by atoms with Gasteiger partial charge < -0.3 is 15.5 Å². The fourth-order valence-corrected chi connectivity index (χ4v) is 3.98. The van der Waals surface area contributed by atoms with Crippen LogP contribution in [-0.4, -0.2) is 72.9 Å². The maximum absolute atomic E-state index is 13.1. The van der Waals surface area contributed by atoms with Gasteiger partial charge in [0, 0.05) is 62.3 Å². The molecule has 1 aliphatic heterocycles. The highest BCUT2D eigenvalue weighted by Gasteiger charge is 2.16. The number of nitrogens with one attached hydrogen (secondary N) is 2. The molecular weight excluding hydrogens is 414 g/mol. The summed E-state index contributed by atoms with van der Waals surface area (Å²) in [6.07, 6.45) is 0.432. The molecule has 0 unspecified atom stereocenters. The molecule has 0 aliphatic carbocycles. The van der Waals surface area contributed by atoms with Crippen LogP contribution >= 0.6 is 0 Å². The minimum Gasteiger partial charge on any atom is -0.351 e. The molecule has 1 fully saturated rings. The minimum absolute atomic E-state index is 0.0258. The van der Waals surface area contributed by atoms with Crippen LogP contribution in [0.15, 0.2) is 54.6 Å². The Morgan fingerprint density at radius 2 is 1.73 bits per heavy atom. The van der Waals surface area contributed by atoms with Crippen molar-refractivity contribution in [1.29, 1.82) is 0 Å². The molecule has 1 aromatic heterocycles. The maximum atomic E-state index is 13.1. The van der Waals surface area contributed by atoms with E-state index in [0.29, 0.717) is 18.5 Å². The largest absolute Gasteiger partial charge is 0.351 e. The Balaban J connectivity index is 1.51. The van der Waals surface area contributed by atoms with Gasteiger partial charge in [-0.15, -0.1) is 0 Å². The molecule has 4 rings (SSSR count). The quantitative estimate of drug-likeness (QED) is 0.584. The van der Waals surface area contributed by atoms with Gasteiger partial charge in [0.05, 0.1) is 16.8 Å². The first kappa shape index (κ1) is 22.9. The third-order valence-corrected chi connectivity index (χ3v) is 6.06. The van der Waals surface area contributed by atoms with Gasteiger partial charge in [-0.25, -0.2) is 4.98 Å². The highest BCUT2D eigenvalue weighted by Crippen LogP contribution is 2.26. The van der Waals surface area contributed by atoms with Crippen LogP contribution in [0, 0.1) is 0 Å². The van der Waals surface area contributed by atoms with Gasteiger partial charge in [0.2, 0.25) is 5.91 Å². The fraction of sp³-hybridized carbons (Fsp3) is 0.346. The fourth-order valence-electron chi connectivity index (χ4n) is 3.98. The van der Waals surface area contributed by atoms with Crippen LogP contribution in [0.2, 0.25) is 0 Å². The molecule has 0 bridgehead atoms. The number of nitrogens with zero attached hydrogens (tertiary/aromatic N) is 3. The molecule has 3 aromatic rings. The average Bonchev–Trinajstić information content (AvgIpc) is 2.85. The summed E-state index contributed by atoms with van der Waals surface area (Å²) in [5, 5.41) is 6.79. The van der Waals surface area contributed by atoms with Gasteiger partial charge in [0.15, 0.2) is 0 Å². The molecule has 1 saturated heterocycles. The van der Waals surface area contributed by atoms with Crippen LogP contribution in [0.4, 0.5) is 5.69 Å². The summed E-state index contributed by atoms with van der Waals surface area (Å²) in [6, 6.07) is 17.1. The number of piperazine rings is 1. The first-order valence-corrected chi connectivity index (χ1v) is 11.5. The lowest BCUT2D eigenvalue weighted by molar-refractivity contribution is -0.115. The monoisotopic (exact) mass is 445 g/mol. The molecular formula is C26H31N5O2. The Morgan fingerprint density at radius 3 is 2.45 bits per heavy atom. The molecule has 7 heteroatoms. The SMILES string of the molecule is CCC(=O)Nc1ccc(-c2cc(C(=O)NCCN3CCN(C)CC3)c3ccccc3n2)cc1. The van der Waals surface area contributed by atoms with E-state index in [1.165, 1.54) is 0 Å². The first-order chi connectivity index (χ1) is 16.0. The van der Waals surface area contributed by atoms with Crippen molar-refractivity contribution in [2.24, 2.45) is 0 Å². The number of benzene rings is 2. The zero-order valence-electron chi connectivity index (χ0n) is 19.3. The second kappa shape index (κ2) is 10.6. The zero-order chi connectivity index (χ0) is 23.2. The van der Waals surface area contributed by atoms with Gasteiger partial charge in [0.1, 0.15) is 0 Å². The Morgan fingerprint density at radius 1 is 1.00 bits per heavy atom. The lowest BCUT2D eigenvalue weighted by Gasteiger charge is -2.32. The van der Waals surface area contributed by atoms with E-state index in [-0.39, 0.29) is 11.8 Å². The summed E-state index contributed by atoms with van der Waals surface area (Å²) in [5.74, 6) is -0.113. The third kappa shape index (κ3) is 5.74. The van der Waals surface area contributed by atoms with Crippen molar-refractivity contribution in [3.05, 3.63) is 60.2 Å². The summed E-state index contributed by atoms with van der Waals surface area (Å²) in [7, 11) is 2.14. The van der Waals surface area contributed by atoms with Gasteiger partial charge in [-0.3, -0.25) is 14.5 Å². The van der Waals surface area contributed by atoms with Gasteiger partial charge in [0.25, 0.3) is 5.91 Å². The van der Waals surface area contributed by atoms with Crippen molar-refractivity contribution in [2.75, 3.05) is 51.6 Å². The number of rotatable bonds is 7. The second-order valence-corrected chi connectivity index (χ2v) is 8.45. The van der Waals surface area contributed by atoms with E-state index >= 15 is 0 Å². The molecule has 172 valence electrons. The van der Waals surface area contributed by atoms with Crippen LogP contribution in [0.3, 0.4) is 0 Å². The normalized spacial score (nSPS) is 14.8. The predicted molar refractivity (Wildman–Crippen MR) is 132 cm³/mol. The maximum Gasteiger partial charge on any atom is 0.252 e. The number of anilines is 1. The summed E-state index contributed by atoms with van der Waals surface area (Å²) in [6.45, 7) is 7.47. The number of carbonyl (C=O) groups is 2. The van der Waals surface area contributed by atoms with E-state index in [1.807, 2.05) is 61.5 Å². The summed E-state index contributed by atoms with van der Waals surface area (Å²) in [4.78, 5) is 34.2. The van der Waals surface area contributed by atoms with E-state index in [1.54, 1.807) is 0 Å². The number of amides is 2. The second-order valence-electron chi connectivity index (χ2n) is 8.45. The van der Waals surface area contributed by atoms with Crippen molar-refractivity contribution < 1.29 is 9.59 Å². The number of carbonyl (C=O) groups excluding carboxylic acids is 2. The number of fused-ring (bicyclic) bond motifs is 1. The van der Waals surface area contributed by atoms with Crippen molar-refractivity contribution in [2.45, 2.75) is 13.3 Å². The summed E-state index contributed by atoms with van der Waals surface area (Å²) in [5.41, 5.74) is 3.77. The summed E-state index contributed by atoms with van der Waals surface area (Å²) < 4.78 is 0. The molecule has 2 aromatic carbocycles. The number of para-hydroxylation sites is 1. The minimum atomic E-state index is -0.0872. The molecule has 0 spiro atoms. The molecule has 0 atom stereocenters. The van der Waals surface area contributed by atoms with Crippen LogP contribution in [0.1, 0.15) is 23.7 Å². The third-order valence-electron chi connectivity index (χ3n) is 6.06. The Kier molecular flexibility index (Phi) is 7.32. The Bertz CT molecular complexity index is 1120. The van der Waals surface area contributed by atoms with Gasteiger partial charge in [-0.1, -0.05) is 37.3 Å². The average molecular weight is 446 g/mol. The van der Waals surface area contributed by atoms with Crippen molar-refractivity contribution >= 4 is 28.4 Å². The van der Waals surface area contributed by atoms with E-state index in [4.69, 9.17) is 4.98 Å². The summed E-state index contributed by atoms with van der Waals surface area (Å²) >= 11 is 0. The van der Waals surface area contributed by atoms with Crippen LogP contribution in [-0.2, 0) is 4.79 Å². The molecule has 33 heavy (non-hydrogen) atoms. The molecule has 2 N–H and O–H groups in total. The number of aromatic nitrogens is 1. The molecule has 7 nitrogen and oxygen atoms in total. The molecule has 1 aliphatic rings. The number of hydrogen-bond acceptors (Lipinski definition) is 5. The van der Waals surface area contributed by atoms with E-state index in [9.17, 15) is 9.59 Å². The van der Waals surface area contributed by atoms with Crippen LogP contribution in [0.5, 0.6) is 0 Å². The lowest BCUT2D eigenvalue weighted by atomic mass is 10.0. The number of hydrogen-bond donors (Lipinski definition) is 2. The zero-order valence-corrected chi connectivity index (χ0v) is 19.3. The lowest BCUT2D eigenvalue weighted by Crippen LogP contribution is -2.46. The number of likely N-dealkylation sites (N-methyl/N-ethyl adjacent to an activating group) is 1. The highest BCUT2D eigenvalue weighted by atomic mass is 16.2. The Hall–Kier alpha value is -3.29. The van der Waals surface area contributed by atoms with Crippen molar-refractivity contribution in [3.8, 4) is 11.3 Å². The van der Waals surface area contributed by atoms with Crippen LogP contribution < -0.4 is 10.6 Å². The topological polar surface area (TPSA) is 77.6 Å². The highest BCUT2D eigenvalue weighted by molar-refractivity contribution is 6.07. The van der Waals surface area contributed by atoms with Crippen molar-refractivity contribution in [3.63, 3.8) is 0 Å². The smallest absolute Gasteiger partial charge is 0.252 e. The van der Waals surface area contributed by atoms with Crippen LogP contribution in [0.25, 0.3) is 22.2 Å². The van der Waals surface area contributed by atoms with Crippen molar-refractivity contribution in [1.82, 2.24) is 20.1 Å². The van der Waals surface area contributed by atoms with Gasteiger partial charge in [-0.2, -0.15) is 0 Å². The van der Waals surface area contributed by atoms with Gasteiger partial charge in [-0.05, 0) is 31.3 Å². The first-order valence-electron chi connectivity index (χ1n) is 11.5.